The van der Waals surface area contributed by atoms with E-state index in [1.165, 1.54) is 29.0 Å². The van der Waals surface area contributed by atoms with Crippen molar-refractivity contribution < 1.29 is 4.52 Å². The van der Waals surface area contributed by atoms with E-state index in [1.807, 2.05) is 24.3 Å². The monoisotopic (exact) mass is 307 g/mol. The summed E-state index contributed by atoms with van der Waals surface area (Å²) in [6.45, 7) is 0. The van der Waals surface area contributed by atoms with E-state index in [0.29, 0.717) is 23.2 Å². The summed E-state index contributed by atoms with van der Waals surface area (Å²) in [6, 6.07) is 13.6. The second-order valence-corrected chi connectivity index (χ2v) is 6.05. The molecule has 1 aliphatic rings. The van der Waals surface area contributed by atoms with Crippen LogP contribution in [0.2, 0.25) is 0 Å². The van der Waals surface area contributed by atoms with Crippen molar-refractivity contribution in [2.45, 2.75) is 18.8 Å². The van der Waals surface area contributed by atoms with Crippen molar-refractivity contribution >= 4 is 0 Å². The van der Waals surface area contributed by atoms with Crippen molar-refractivity contribution in [1.82, 2.24) is 14.7 Å². The number of pyridine rings is 1. The molecular weight excluding hydrogens is 290 g/mol. The lowest BCUT2D eigenvalue weighted by Crippen LogP contribution is -2.14. The minimum absolute atomic E-state index is 0.0935. The zero-order chi connectivity index (χ0) is 15.8. The third-order valence-electron chi connectivity index (χ3n) is 4.32. The highest BCUT2D eigenvalue weighted by Gasteiger charge is 2.36. The number of rotatable bonds is 4. The van der Waals surface area contributed by atoms with E-state index in [2.05, 4.69) is 22.3 Å². The third-order valence-corrected chi connectivity index (χ3v) is 4.32. The van der Waals surface area contributed by atoms with E-state index in [4.69, 9.17) is 4.52 Å². The standard InChI is InChI=1S/C18H17N3O2/c1-21-10-9-14(11-15(21)22)18-19-17(20-23-18)16(13-7-8-13)12-5-3-2-4-6-12/h2-6,9-11,13,16H,7-8H2,1H3/t16-/m0/s1. The lowest BCUT2D eigenvalue weighted by Gasteiger charge is -2.11. The minimum Gasteiger partial charge on any atom is -0.334 e. The van der Waals surface area contributed by atoms with Crippen LogP contribution in [0, 0.1) is 5.92 Å². The summed E-state index contributed by atoms with van der Waals surface area (Å²) in [5, 5.41) is 4.19. The van der Waals surface area contributed by atoms with Crippen LogP contribution in [0.25, 0.3) is 11.5 Å². The average molecular weight is 307 g/mol. The number of aryl methyl sites for hydroxylation is 1. The minimum atomic E-state index is -0.0935. The number of hydrogen-bond donors (Lipinski definition) is 0. The van der Waals surface area contributed by atoms with Crippen LogP contribution in [-0.4, -0.2) is 14.7 Å². The van der Waals surface area contributed by atoms with E-state index in [0.717, 1.165) is 0 Å². The topological polar surface area (TPSA) is 60.9 Å². The molecule has 0 spiro atoms. The molecule has 1 saturated carbocycles. The van der Waals surface area contributed by atoms with Crippen LogP contribution in [0.4, 0.5) is 0 Å². The van der Waals surface area contributed by atoms with Crippen molar-refractivity contribution in [2.75, 3.05) is 0 Å². The molecule has 5 heteroatoms. The molecule has 0 aliphatic heterocycles. The van der Waals surface area contributed by atoms with Crippen LogP contribution >= 0.6 is 0 Å². The molecular formula is C18H17N3O2. The Morgan fingerprint density at radius 3 is 2.70 bits per heavy atom. The summed E-state index contributed by atoms with van der Waals surface area (Å²) in [5.41, 5.74) is 1.78. The van der Waals surface area contributed by atoms with Crippen LogP contribution in [0.3, 0.4) is 0 Å². The van der Waals surface area contributed by atoms with Crippen molar-refractivity contribution in [2.24, 2.45) is 13.0 Å². The van der Waals surface area contributed by atoms with Crippen molar-refractivity contribution in [1.29, 1.82) is 0 Å². The molecule has 0 saturated heterocycles. The molecule has 0 unspecified atom stereocenters. The van der Waals surface area contributed by atoms with Gasteiger partial charge in [-0.2, -0.15) is 4.98 Å². The Kier molecular flexibility index (Phi) is 3.33. The van der Waals surface area contributed by atoms with Crippen LogP contribution in [-0.2, 0) is 7.05 Å². The fourth-order valence-electron chi connectivity index (χ4n) is 2.88. The number of nitrogens with zero attached hydrogens (tertiary/aromatic N) is 3. The molecule has 2 aromatic heterocycles. The molecule has 4 rings (SSSR count). The fraction of sp³-hybridized carbons (Fsp3) is 0.278. The quantitative estimate of drug-likeness (QED) is 0.743. The predicted molar refractivity (Wildman–Crippen MR) is 86.0 cm³/mol. The second kappa shape index (κ2) is 5.50. The summed E-state index contributed by atoms with van der Waals surface area (Å²) in [7, 11) is 1.71. The SMILES string of the molecule is Cn1ccc(-c2nc([C@@H](c3ccccc3)C3CC3)no2)cc1=O. The number of aromatic nitrogens is 3. The van der Waals surface area contributed by atoms with Gasteiger partial charge in [-0.15, -0.1) is 0 Å². The highest BCUT2D eigenvalue weighted by molar-refractivity contribution is 5.51. The van der Waals surface area contributed by atoms with Crippen LogP contribution in [0.15, 0.2) is 58.0 Å². The maximum Gasteiger partial charge on any atom is 0.258 e. The molecule has 116 valence electrons. The highest BCUT2D eigenvalue weighted by atomic mass is 16.5. The Balaban J connectivity index is 1.71. The van der Waals surface area contributed by atoms with Gasteiger partial charge in [0.25, 0.3) is 11.4 Å². The zero-order valence-electron chi connectivity index (χ0n) is 12.8. The second-order valence-electron chi connectivity index (χ2n) is 6.05. The molecule has 0 N–H and O–H groups in total. The van der Waals surface area contributed by atoms with Crippen LogP contribution < -0.4 is 5.56 Å². The van der Waals surface area contributed by atoms with Crippen molar-refractivity contribution in [3.05, 3.63) is 70.4 Å². The van der Waals surface area contributed by atoms with Gasteiger partial charge in [0.1, 0.15) is 0 Å². The van der Waals surface area contributed by atoms with Gasteiger partial charge in [0.05, 0.1) is 5.92 Å². The van der Waals surface area contributed by atoms with Gasteiger partial charge in [-0.3, -0.25) is 4.79 Å². The molecule has 1 aromatic carbocycles. The van der Waals surface area contributed by atoms with E-state index in [-0.39, 0.29) is 11.5 Å². The molecule has 5 nitrogen and oxygen atoms in total. The Hall–Kier alpha value is -2.69. The molecule has 1 fully saturated rings. The van der Waals surface area contributed by atoms with Crippen molar-refractivity contribution in [3.63, 3.8) is 0 Å². The maximum atomic E-state index is 11.8. The summed E-state index contributed by atoms with van der Waals surface area (Å²) in [5.74, 6) is 1.85. The van der Waals surface area contributed by atoms with Gasteiger partial charge in [-0.1, -0.05) is 35.5 Å². The van der Waals surface area contributed by atoms with Crippen LogP contribution in [0.5, 0.6) is 0 Å². The summed E-state index contributed by atoms with van der Waals surface area (Å²) < 4.78 is 6.93. The number of benzene rings is 1. The van der Waals surface area contributed by atoms with E-state index in [1.54, 1.807) is 13.2 Å². The summed E-state index contributed by atoms with van der Waals surface area (Å²) in [6.07, 6.45) is 4.09. The number of hydrogen-bond acceptors (Lipinski definition) is 4. The molecule has 2 heterocycles. The first-order chi connectivity index (χ1) is 11.2. The van der Waals surface area contributed by atoms with Gasteiger partial charge >= 0.3 is 0 Å². The Morgan fingerprint density at radius 1 is 1.22 bits per heavy atom. The smallest absolute Gasteiger partial charge is 0.258 e. The Bertz CT molecular complexity index is 879. The van der Waals surface area contributed by atoms with Crippen molar-refractivity contribution in [3.8, 4) is 11.5 Å². The molecule has 0 radical (unpaired) electrons. The van der Waals surface area contributed by atoms with E-state index in [9.17, 15) is 4.79 Å². The Labute approximate surface area is 133 Å². The molecule has 0 amide bonds. The van der Waals surface area contributed by atoms with E-state index < -0.39 is 0 Å². The first-order valence-corrected chi connectivity index (χ1v) is 7.78. The molecule has 1 aliphatic carbocycles. The molecule has 3 aromatic rings. The lowest BCUT2D eigenvalue weighted by molar-refractivity contribution is 0.416. The summed E-state index contributed by atoms with van der Waals surface area (Å²) >= 11 is 0. The maximum absolute atomic E-state index is 11.8. The normalized spacial score (nSPS) is 15.5. The van der Waals surface area contributed by atoms with Gasteiger partial charge in [0.2, 0.25) is 0 Å². The lowest BCUT2D eigenvalue weighted by atomic mass is 9.93. The van der Waals surface area contributed by atoms with Gasteiger partial charge in [0, 0.05) is 24.9 Å². The van der Waals surface area contributed by atoms with Gasteiger partial charge in [-0.05, 0) is 30.4 Å². The van der Waals surface area contributed by atoms with E-state index >= 15 is 0 Å². The largest absolute Gasteiger partial charge is 0.334 e. The Morgan fingerprint density at radius 2 is 2.00 bits per heavy atom. The highest BCUT2D eigenvalue weighted by Crippen LogP contribution is 2.45. The molecule has 23 heavy (non-hydrogen) atoms. The van der Waals surface area contributed by atoms with Gasteiger partial charge in [-0.25, -0.2) is 0 Å². The first-order valence-electron chi connectivity index (χ1n) is 7.78. The first kappa shape index (κ1) is 13.9. The van der Waals surface area contributed by atoms with Gasteiger partial charge < -0.3 is 9.09 Å². The predicted octanol–water partition coefficient (Wildman–Crippen LogP) is 2.98. The summed E-state index contributed by atoms with van der Waals surface area (Å²) in [4.78, 5) is 16.3. The fourth-order valence-corrected chi connectivity index (χ4v) is 2.88. The van der Waals surface area contributed by atoms with Crippen LogP contribution in [0.1, 0.15) is 30.1 Å². The van der Waals surface area contributed by atoms with Gasteiger partial charge in [0.15, 0.2) is 5.82 Å². The molecule has 0 bridgehead atoms. The average Bonchev–Trinajstić information content (AvgIpc) is 3.28. The third kappa shape index (κ3) is 2.70. The molecule has 1 atom stereocenters. The zero-order valence-corrected chi connectivity index (χ0v) is 12.8.